The minimum Gasteiger partial charge on any atom is -0.348 e. The standard InChI is InChI=1S/C22H28N2O3S/c1-15-7-5-8-16(2)22(15)24(28(4,26)27)14-21(25)23-17(3)19-12-11-18-9-6-10-20(18)13-19/h5,7-8,11-13,17H,6,9-10,14H2,1-4H3,(H,23,25). The lowest BCUT2D eigenvalue weighted by atomic mass is 10.0. The Morgan fingerprint density at radius 3 is 2.39 bits per heavy atom. The summed E-state index contributed by atoms with van der Waals surface area (Å²) in [4.78, 5) is 12.7. The average molecular weight is 401 g/mol. The molecular formula is C22H28N2O3S. The van der Waals surface area contributed by atoms with Crippen molar-refractivity contribution in [2.75, 3.05) is 17.1 Å². The topological polar surface area (TPSA) is 66.5 Å². The number of sulfonamides is 1. The Morgan fingerprint density at radius 2 is 1.75 bits per heavy atom. The summed E-state index contributed by atoms with van der Waals surface area (Å²) in [6.07, 6.45) is 4.52. The largest absolute Gasteiger partial charge is 0.348 e. The Labute approximate surface area is 167 Å². The lowest BCUT2D eigenvalue weighted by Gasteiger charge is -2.26. The Bertz CT molecular complexity index is 979. The molecule has 1 atom stereocenters. The summed E-state index contributed by atoms with van der Waals surface area (Å²) in [5.41, 5.74) is 6.01. The van der Waals surface area contributed by atoms with Crippen LogP contribution in [0.1, 0.15) is 47.2 Å². The van der Waals surface area contributed by atoms with Gasteiger partial charge in [-0.15, -0.1) is 0 Å². The van der Waals surface area contributed by atoms with E-state index in [1.54, 1.807) is 0 Å². The number of fused-ring (bicyclic) bond motifs is 1. The van der Waals surface area contributed by atoms with Gasteiger partial charge in [0.25, 0.3) is 0 Å². The van der Waals surface area contributed by atoms with Crippen LogP contribution in [0.15, 0.2) is 36.4 Å². The smallest absolute Gasteiger partial charge is 0.241 e. The van der Waals surface area contributed by atoms with E-state index in [4.69, 9.17) is 0 Å². The number of hydrogen-bond donors (Lipinski definition) is 1. The third-order valence-electron chi connectivity index (χ3n) is 5.38. The van der Waals surface area contributed by atoms with Gasteiger partial charge < -0.3 is 5.32 Å². The Kier molecular flexibility index (Phi) is 5.79. The van der Waals surface area contributed by atoms with Gasteiger partial charge in [-0.3, -0.25) is 9.10 Å². The van der Waals surface area contributed by atoms with Crippen molar-refractivity contribution in [3.63, 3.8) is 0 Å². The number of nitrogens with one attached hydrogen (secondary N) is 1. The van der Waals surface area contributed by atoms with Crippen LogP contribution in [0.25, 0.3) is 0 Å². The van der Waals surface area contributed by atoms with Crippen molar-refractivity contribution in [2.24, 2.45) is 0 Å². The Hall–Kier alpha value is -2.34. The number of hydrogen-bond acceptors (Lipinski definition) is 3. The number of anilines is 1. The van der Waals surface area contributed by atoms with Gasteiger partial charge in [-0.1, -0.05) is 36.4 Å². The molecule has 6 heteroatoms. The van der Waals surface area contributed by atoms with Gasteiger partial charge in [0.2, 0.25) is 15.9 Å². The number of para-hydroxylation sites is 1. The number of nitrogens with zero attached hydrogens (tertiary/aromatic N) is 1. The predicted octanol–water partition coefficient (Wildman–Crippen LogP) is 3.44. The molecule has 0 aliphatic heterocycles. The molecule has 0 bridgehead atoms. The summed E-state index contributed by atoms with van der Waals surface area (Å²) >= 11 is 0. The minimum absolute atomic E-state index is 0.183. The second-order valence-corrected chi connectivity index (χ2v) is 9.59. The van der Waals surface area contributed by atoms with E-state index in [1.165, 1.54) is 21.9 Å². The summed E-state index contributed by atoms with van der Waals surface area (Å²) in [7, 11) is -3.59. The predicted molar refractivity (Wildman–Crippen MR) is 113 cm³/mol. The van der Waals surface area contributed by atoms with Crippen molar-refractivity contribution in [1.29, 1.82) is 0 Å². The van der Waals surface area contributed by atoms with E-state index in [1.807, 2.05) is 39.0 Å². The fraction of sp³-hybridized carbons (Fsp3) is 0.409. The van der Waals surface area contributed by atoms with Crippen LogP contribution in [0.3, 0.4) is 0 Å². The molecule has 0 radical (unpaired) electrons. The number of rotatable bonds is 6. The first-order valence-corrected chi connectivity index (χ1v) is 11.5. The zero-order valence-corrected chi connectivity index (χ0v) is 17.8. The monoisotopic (exact) mass is 400 g/mol. The molecule has 0 spiro atoms. The van der Waals surface area contributed by atoms with Crippen LogP contribution in [0, 0.1) is 13.8 Å². The highest BCUT2D eigenvalue weighted by atomic mass is 32.2. The SMILES string of the molecule is Cc1cccc(C)c1N(CC(=O)NC(C)c1ccc2c(c1)CCC2)S(C)(=O)=O. The summed E-state index contributed by atoms with van der Waals surface area (Å²) < 4.78 is 26.0. The summed E-state index contributed by atoms with van der Waals surface area (Å²) in [6, 6.07) is 11.8. The summed E-state index contributed by atoms with van der Waals surface area (Å²) in [5.74, 6) is -0.318. The van der Waals surface area contributed by atoms with Crippen LogP contribution in [-0.2, 0) is 27.7 Å². The van der Waals surface area contributed by atoms with Crippen molar-refractivity contribution >= 4 is 21.6 Å². The third-order valence-corrected chi connectivity index (χ3v) is 6.49. The van der Waals surface area contributed by atoms with Gasteiger partial charge in [0.1, 0.15) is 6.54 Å². The fourth-order valence-electron chi connectivity index (χ4n) is 3.92. The van der Waals surface area contributed by atoms with E-state index in [9.17, 15) is 13.2 Å². The fourth-order valence-corrected chi connectivity index (χ4v) is 4.89. The molecule has 1 aliphatic rings. The van der Waals surface area contributed by atoms with Crippen LogP contribution in [-0.4, -0.2) is 27.1 Å². The number of benzene rings is 2. The molecular weight excluding hydrogens is 372 g/mol. The van der Waals surface area contributed by atoms with Crippen molar-refractivity contribution in [3.05, 3.63) is 64.2 Å². The van der Waals surface area contributed by atoms with E-state index in [0.717, 1.165) is 35.8 Å². The molecule has 2 aromatic carbocycles. The molecule has 0 fully saturated rings. The molecule has 2 aromatic rings. The van der Waals surface area contributed by atoms with Crippen molar-refractivity contribution < 1.29 is 13.2 Å². The molecule has 1 unspecified atom stereocenters. The quantitative estimate of drug-likeness (QED) is 0.808. The first kappa shape index (κ1) is 20.4. The van der Waals surface area contributed by atoms with E-state index in [2.05, 4.69) is 23.5 Å². The third kappa shape index (κ3) is 4.38. The molecule has 1 amide bonds. The molecule has 0 aromatic heterocycles. The highest BCUT2D eigenvalue weighted by molar-refractivity contribution is 7.92. The first-order chi connectivity index (χ1) is 13.2. The van der Waals surface area contributed by atoms with Crippen LogP contribution in [0.4, 0.5) is 5.69 Å². The van der Waals surface area contributed by atoms with Gasteiger partial charge in [-0.2, -0.15) is 0 Å². The maximum absolute atomic E-state index is 12.7. The number of aryl methyl sites for hydroxylation is 4. The van der Waals surface area contributed by atoms with Crippen molar-refractivity contribution in [1.82, 2.24) is 5.32 Å². The van der Waals surface area contributed by atoms with Gasteiger partial charge in [0.15, 0.2) is 0 Å². The molecule has 0 heterocycles. The van der Waals surface area contributed by atoms with E-state index < -0.39 is 10.0 Å². The van der Waals surface area contributed by atoms with Crippen molar-refractivity contribution in [3.8, 4) is 0 Å². The molecule has 1 N–H and O–H groups in total. The van der Waals surface area contributed by atoms with Crippen LogP contribution in [0.5, 0.6) is 0 Å². The highest BCUT2D eigenvalue weighted by Crippen LogP contribution is 2.27. The maximum Gasteiger partial charge on any atom is 0.241 e. The lowest BCUT2D eigenvalue weighted by molar-refractivity contribution is -0.120. The van der Waals surface area contributed by atoms with Gasteiger partial charge in [0.05, 0.1) is 18.0 Å². The summed E-state index contributed by atoms with van der Waals surface area (Å²) in [5, 5.41) is 2.95. The van der Waals surface area contributed by atoms with Crippen molar-refractivity contribution in [2.45, 2.75) is 46.1 Å². The average Bonchev–Trinajstić information content (AvgIpc) is 3.07. The highest BCUT2D eigenvalue weighted by Gasteiger charge is 2.24. The molecule has 150 valence electrons. The second kappa shape index (κ2) is 7.95. The first-order valence-electron chi connectivity index (χ1n) is 9.62. The molecule has 5 nitrogen and oxygen atoms in total. The van der Waals surface area contributed by atoms with Crippen LogP contribution in [0.2, 0.25) is 0 Å². The van der Waals surface area contributed by atoms with Gasteiger partial charge in [-0.05, 0) is 67.9 Å². The van der Waals surface area contributed by atoms with Gasteiger partial charge in [-0.25, -0.2) is 8.42 Å². The molecule has 1 aliphatic carbocycles. The number of carbonyl (C=O) groups excluding carboxylic acids is 1. The molecule has 3 rings (SSSR count). The normalized spacial score (nSPS) is 14.4. The van der Waals surface area contributed by atoms with Gasteiger partial charge in [0, 0.05) is 0 Å². The molecule has 0 saturated carbocycles. The Balaban J connectivity index is 1.77. The van der Waals surface area contributed by atoms with E-state index in [-0.39, 0.29) is 18.5 Å². The lowest BCUT2D eigenvalue weighted by Crippen LogP contribution is -2.41. The zero-order valence-electron chi connectivity index (χ0n) is 17.0. The van der Waals surface area contributed by atoms with Crippen LogP contribution < -0.4 is 9.62 Å². The van der Waals surface area contributed by atoms with Crippen LogP contribution >= 0.6 is 0 Å². The summed E-state index contributed by atoms with van der Waals surface area (Å²) in [6.45, 7) is 5.40. The number of amides is 1. The molecule has 0 saturated heterocycles. The maximum atomic E-state index is 12.7. The minimum atomic E-state index is -3.59. The van der Waals surface area contributed by atoms with E-state index in [0.29, 0.717) is 5.69 Å². The number of carbonyl (C=O) groups is 1. The molecule has 28 heavy (non-hydrogen) atoms. The van der Waals surface area contributed by atoms with E-state index >= 15 is 0 Å². The Morgan fingerprint density at radius 1 is 1.11 bits per heavy atom. The van der Waals surface area contributed by atoms with Gasteiger partial charge >= 0.3 is 0 Å². The zero-order chi connectivity index (χ0) is 20.5. The second-order valence-electron chi connectivity index (χ2n) is 7.68.